The zero-order valence-corrected chi connectivity index (χ0v) is 41.6. The fourth-order valence-electron chi connectivity index (χ4n) is 9.58. The molecule has 7 rings (SSSR count). The number of hydrogen-bond acceptors (Lipinski definition) is 9. The Labute approximate surface area is 407 Å². The van der Waals surface area contributed by atoms with Gasteiger partial charge in [-0.3, -0.25) is 19.3 Å². The lowest BCUT2D eigenvalue weighted by Crippen LogP contribution is -2.58. The molecule has 0 saturated carbocycles. The summed E-state index contributed by atoms with van der Waals surface area (Å²) in [7, 11) is 0. The summed E-state index contributed by atoms with van der Waals surface area (Å²) in [5, 5.41) is 17.3. The van der Waals surface area contributed by atoms with Crippen molar-refractivity contribution in [1.82, 2.24) is 30.4 Å². The van der Waals surface area contributed by atoms with E-state index in [0.29, 0.717) is 31.6 Å². The number of benzene rings is 3. The van der Waals surface area contributed by atoms with Gasteiger partial charge in [0.05, 0.1) is 34.8 Å². The Hall–Kier alpha value is -5.29. The van der Waals surface area contributed by atoms with Gasteiger partial charge in [0, 0.05) is 73.0 Å². The molecule has 5 atom stereocenters. The fraction of sp³-hybridized carbons (Fsp3) is 0.509. The van der Waals surface area contributed by atoms with E-state index in [1.54, 1.807) is 16.8 Å². The topological polar surface area (TPSA) is 149 Å². The van der Waals surface area contributed by atoms with Gasteiger partial charge in [-0.25, -0.2) is 18.2 Å². The van der Waals surface area contributed by atoms with Crippen molar-refractivity contribution >= 4 is 40.0 Å². The Balaban J connectivity index is 0.826. The van der Waals surface area contributed by atoms with Crippen LogP contribution in [0.3, 0.4) is 0 Å². The minimum absolute atomic E-state index is 0.00406. The van der Waals surface area contributed by atoms with Crippen LogP contribution in [-0.2, 0) is 32.1 Å². The highest BCUT2D eigenvalue weighted by atomic mass is 32.1. The third-order valence-electron chi connectivity index (χ3n) is 13.0. The number of amides is 3. The quantitative estimate of drug-likeness (QED) is 0.0565. The third-order valence-corrected chi connectivity index (χ3v) is 14.0. The number of para-hydroxylation sites is 1. The molecule has 4 heterocycles. The first-order valence-corrected chi connectivity index (χ1v) is 25.0. The zero-order valence-electron chi connectivity index (χ0n) is 40.8. The van der Waals surface area contributed by atoms with Crippen LogP contribution in [0.25, 0.3) is 21.3 Å². The van der Waals surface area contributed by atoms with Crippen LogP contribution in [0.15, 0.2) is 66.2 Å². The average molecular weight is 973 g/mol. The van der Waals surface area contributed by atoms with E-state index in [9.17, 15) is 19.5 Å². The van der Waals surface area contributed by atoms with Gasteiger partial charge < -0.3 is 35.1 Å². The van der Waals surface area contributed by atoms with Crippen molar-refractivity contribution in [1.29, 1.82) is 0 Å². The number of β-amino-alcohol motifs (C(OH)–C–C–N with tert-alkyl or cyclic N) is 1. The van der Waals surface area contributed by atoms with Crippen LogP contribution in [0.4, 0.5) is 13.2 Å². The number of aryl methyl sites for hydroxylation is 1. The number of aromatic amines is 1. The number of fused-ring (bicyclic) bond motifs is 3. The molecule has 372 valence electrons. The SMILES string of the molecule is Cc1ncsc1-c1ccc(CNC(=O)[C@@H]2C[C@@H](O)CN2C(=O)C(NC(=O)COCCCCCCCOc2cc(F)c([C@@H]3c4[nH]c5ccccc5c4C[C@@H](C)N3CC(C)(C)F)c(F)c2)C(C)(C)C)cc1. The molecule has 3 aromatic carbocycles. The highest BCUT2D eigenvalue weighted by molar-refractivity contribution is 7.13. The number of likely N-dealkylation sites (tertiary alicyclic amines) is 1. The van der Waals surface area contributed by atoms with E-state index in [-0.39, 0.29) is 62.5 Å². The van der Waals surface area contributed by atoms with Crippen LogP contribution < -0.4 is 15.4 Å². The molecule has 16 heteroatoms. The minimum atomic E-state index is -1.59. The second kappa shape index (κ2) is 22.2. The molecule has 0 aliphatic carbocycles. The van der Waals surface area contributed by atoms with Gasteiger partial charge in [-0.2, -0.15) is 0 Å². The monoisotopic (exact) mass is 972 g/mol. The van der Waals surface area contributed by atoms with E-state index in [4.69, 9.17) is 9.47 Å². The van der Waals surface area contributed by atoms with Crippen molar-refractivity contribution in [3.8, 4) is 16.2 Å². The molecule has 0 spiro atoms. The Morgan fingerprint density at radius 2 is 1.65 bits per heavy atom. The van der Waals surface area contributed by atoms with Crippen molar-refractivity contribution in [2.45, 2.75) is 136 Å². The van der Waals surface area contributed by atoms with Crippen molar-refractivity contribution in [3.05, 3.63) is 106 Å². The lowest BCUT2D eigenvalue weighted by molar-refractivity contribution is -0.144. The number of unbranched alkanes of at least 4 members (excludes halogenated alkanes) is 4. The van der Waals surface area contributed by atoms with E-state index in [2.05, 4.69) is 20.6 Å². The second-order valence-electron chi connectivity index (χ2n) is 20.3. The Morgan fingerprint density at radius 1 is 0.971 bits per heavy atom. The first-order chi connectivity index (χ1) is 32.8. The molecule has 1 saturated heterocycles. The summed E-state index contributed by atoms with van der Waals surface area (Å²) in [6.07, 6.45) is 3.66. The molecule has 0 radical (unpaired) electrons. The lowest BCUT2D eigenvalue weighted by Gasteiger charge is -2.43. The summed E-state index contributed by atoms with van der Waals surface area (Å²) in [5.74, 6) is -2.69. The largest absolute Gasteiger partial charge is 0.493 e. The summed E-state index contributed by atoms with van der Waals surface area (Å²) in [6.45, 7) is 12.9. The van der Waals surface area contributed by atoms with E-state index >= 15 is 13.2 Å². The van der Waals surface area contributed by atoms with Crippen molar-refractivity contribution < 1.29 is 42.1 Å². The summed E-state index contributed by atoms with van der Waals surface area (Å²) < 4.78 is 58.7. The number of aromatic nitrogens is 2. The number of H-pyrrole nitrogens is 1. The molecule has 5 aromatic rings. The number of nitrogens with one attached hydrogen (secondary N) is 3. The van der Waals surface area contributed by atoms with Gasteiger partial charge in [0.1, 0.15) is 41.7 Å². The van der Waals surface area contributed by atoms with E-state index < -0.39 is 58.8 Å². The number of thiazole rings is 1. The van der Waals surface area contributed by atoms with Gasteiger partial charge in [0.25, 0.3) is 0 Å². The Morgan fingerprint density at radius 3 is 2.32 bits per heavy atom. The maximum atomic E-state index is 16.1. The number of alkyl halides is 1. The van der Waals surface area contributed by atoms with Crippen LogP contribution in [0, 0.1) is 24.0 Å². The molecule has 1 unspecified atom stereocenters. The number of hydrogen-bond donors (Lipinski definition) is 4. The van der Waals surface area contributed by atoms with Crippen LogP contribution in [-0.4, -0.2) is 105 Å². The van der Waals surface area contributed by atoms with Crippen LogP contribution in [0.5, 0.6) is 5.75 Å². The second-order valence-corrected chi connectivity index (χ2v) is 21.2. The van der Waals surface area contributed by atoms with E-state index in [1.165, 1.54) is 30.9 Å². The Bertz CT molecular complexity index is 2550. The number of nitrogens with zero attached hydrogens (tertiary/aromatic N) is 3. The van der Waals surface area contributed by atoms with Crippen molar-refractivity contribution in [2.75, 3.05) is 32.9 Å². The number of ether oxygens (including phenoxy) is 2. The normalized spacial score (nSPS) is 19.1. The molecule has 12 nitrogen and oxygen atoms in total. The molecule has 4 N–H and O–H groups in total. The molecule has 0 bridgehead atoms. The van der Waals surface area contributed by atoms with Gasteiger partial charge in [-0.15, -0.1) is 11.3 Å². The molecule has 2 aliphatic heterocycles. The number of halogens is 3. The lowest BCUT2D eigenvalue weighted by atomic mass is 9.85. The number of carbonyl (C=O) groups is 3. The minimum Gasteiger partial charge on any atom is -0.493 e. The molecule has 2 aromatic heterocycles. The predicted molar refractivity (Wildman–Crippen MR) is 263 cm³/mol. The zero-order chi connectivity index (χ0) is 49.6. The molecule has 2 aliphatic rings. The maximum Gasteiger partial charge on any atom is 0.246 e. The average Bonchev–Trinajstić information content (AvgIpc) is 4.01. The number of aliphatic hydroxyl groups excluding tert-OH is 1. The maximum absolute atomic E-state index is 16.1. The fourth-order valence-corrected chi connectivity index (χ4v) is 10.4. The van der Waals surface area contributed by atoms with Crippen molar-refractivity contribution in [3.63, 3.8) is 0 Å². The van der Waals surface area contributed by atoms with Crippen LogP contribution in [0.1, 0.15) is 114 Å². The van der Waals surface area contributed by atoms with E-state index in [1.807, 2.05) is 88.0 Å². The summed E-state index contributed by atoms with van der Waals surface area (Å²) in [4.78, 5) is 52.5. The summed E-state index contributed by atoms with van der Waals surface area (Å²) in [6, 6.07) is 15.2. The van der Waals surface area contributed by atoms with Crippen molar-refractivity contribution in [2.24, 2.45) is 5.41 Å². The number of rotatable bonds is 20. The van der Waals surface area contributed by atoms with Gasteiger partial charge in [0.15, 0.2) is 0 Å². The van der Waals surface area contributed by atoms with Gasteiger partial charge in [-0.05, 0) is 75.1 Å². The third kappa shape index (κ3) is 12.7. The van der Waals surface area contributed by atoms with E-state index in [0.717, 1.165) is 57.4 Å². The molecular weight excluding hydrogens is 906 g/mol. The summed E-state index contributed by atoms with van der Waals surface area (Å²) >= 11 is 1.57. The first kappa shape index (κ1) is 51.6. The van der Waals surface area contributed by atoms with Gasteiger partial charge >= 0.3 is 0 Å². The molecule has 69 heavy (non-hydrogen) atoms. The molecule has 3 amide bonds. The predicted octanol–water partition coefficient (Wildman–Crippen LogP) is 9.12. The number of aliphatic hydroxyl groups is 1. The molecule has 1 fully saturated rings. The van der Waals surface area contributed by atoms with Crippen LogP contribution in [0.2, 0.25) is 0 Å². The first-order valence-electron chi connectivity index (χ1n) is 24.1. The Kier molecular flexibility index (Phi) is 16.6. The molecular formula is C53H67F3N6O6S. The van der Waals surface area contributed by atoms with Gasteiger partial charge in [0.2, 0.25) is 17.7 Å². The number of carbonyl (C=O) groups excluding carboxylic acids is 3. The van der Waals surface area contributed by atoms with Gasteiger partial charge in [-0.1, -0.05) is 82.5 Å². The van der Waals surface area contributed by atoms with Crippen LogP contribution >= 0.6 is 11.3 Å². The highest BCUT2D eigenvalue weighted by Crippen LogP contribution is 2.44. The smallest absolute Gasteiger partial charge is 0.246 e. The standard InChI is InChI=1S/C53H67F3N6O6S/c1-32-23-39-38-15-11-12-16-42(38)59-46(39)47(62(32)30-53(6,7)56)45-40(54)25-37(26-41(45)55)68-22-14-10-8-9-13-21-67-29-44(64)60-49(52(3,4)5)51(66)61-28-36(63)24-43(61)50(65)57-27-34-17-19-35(20-18-34)48-33(2)58-31-69-48/h11-12,15-20,25-26,31-32,36,43,47,49,59,63H,8-10,13-14,21-24,27-30H2,1-7H3,(H,57,65)(H,60,64)/t32-,36-,43+,47-,49?/m1/s1. The highest BCUT2D eigenvalue weighted by Gasteiger charge is 2.45. The summed E-state index contributed by atoms with van der Waals surface area (Å²) in [5.41, 5.74) is 4.79.